The Kier molecular flexibility index (Phi) is 5.08. The van der Waals surface area contributed by atoms with E-state index in [2.05, 4.69) is 5.32 Å². The second-order valence-corrected chi connectivity index (χ2v) is 5.72. The quantitative estimate of drug-likeness (QED) is 0.682. The van der Waals surface area contributed by atoms with Gasteiger partial charge in [0.1, 0.15) is 5.58 Å². The molecule has 0 bridgehead atoms. The maximum Gasteiger partial charge on any atom is 0.449 e. The third kappa shape index (κ3) is 3.68. The zero-order valence-corrected chi connectivity index (χ0v) is 15.1. The molecule has 148 valence electrons. The third-order valence-electron chi connectivity index (χ3n) is 3.96. The number of hydrogen-bond donors (Lipinski definition) is 1. The number of hydrogen-bond acceptors (Lipinski definition) is 6. The first-order valence-electron chi connectivity index (χ1n) is 7.99. The summed E-state index contributed by atoms with van der Waals surface area (Å²) in [6.45, 7) is 0. The van der Waals surface area contributed by atoms with Crippen LogP contribution in [-0.2, 0) is 6.18 Å². The van der Waals surface area contributed by atoms with Gasteiger partial charge in [-0.1, -0.05) is 0 Å². The molecule has 6 nitrogen and oxygen atoms in total. The van der Waals surface area contributed by atoms with Gasteiger partial charge >= 0.3 is 6.18 Å². The molecule has 0 amide bonds. The molecule has 2 aromatic carbocycles. The molecule has 0 aliphatic rings. The Hall–Kier alpha value is -3.36. The number of benzene rings is 2. The molecular formula is C19H16F3NO5. The minimum absolute atomic E-state index is 0.0449. The fourth-order valence-corrected chi connectivity index (χ4v) is 2.69. The molecule has 1 heterocycles. The number of methoxy groups -OCH3 is 3. The van der Waals surface area contributed by atoms with E-state index >= 15 is 0 Å². The van der Waals surface area contributed by atoms with Crippen molar-refractivity contribution in [1.29, 1.82) is 0 Å². The van der Waals surface area contributed by atoms with Gasteiger partial charge in [-0.05, 0) is 12.1 Å². The highest BCUT2D eigenvalue weighted by Crippen LogP contribution is 2.40. The molecule has 3 rings (SSSR count). The summed E-state index contributed by atoms with van der Waals surface area (Å²) in [5.74, 6) is -0.156. The Bertz CT molecular complexity index is 1050. The maximum absolute atomic E-state index is 12.9. The Labute approximate surface area is 157 Å². The van der Waals surface area contributed by atoms with E-state index in [0.717, 1.165) is 0 Å². The molecule has 0 atom stereocenters. The number of nitrogens with one attached hydrogen (secondary N) is 1. The summed E-state index contributed by atoms with van der Waals surface area (Å²) in [5.41, 5.74) is -0.0161. The molecule has 1 aromatic heterocycles. The first-order chi connectivity index (χ1) is 13.3. The van der Waals surface area contributed by atoms with E-state index in [1.807, 2.05) is 0 Å². The minimum atomic E-state index is -4.76. The second kappa shape index (κ2) is 7.34. The summed E-state index contributed by atoms with van der Waals surface area (Å²) in [6, 6.07) is 7.96. The zero-order chi connectivity index (χ0) is 20.5. The highest BCUT2D eigenvalue weighted by Gasteiger charge is 2.34. The zero-order valence-electron chi connectivity index (χ0n) is 15.1. The molecule has 0 saturated heterocycles. The second-order valence-electron chi connectivity index (χ2n) is 5.72. The van der Waals surface area contributed by atoms with Crippen molar-refractivity contribution in [3.63, 3.8) is 0 Å². The predicted molar refractivity (Wildman–Crippen MR) is 96.9 cm³/mol. The largest absolute Gasteiger partial charge is 0.493 e. The van der Waals surface area contributed by atoms with Crippen LogP contribution < -0.4 is 25.0 Å². The first kappa shape index (κ1) is 19.4. The van der Waals surface area contributed by atoms with Crippen molar-refractivity contribution in [3.05, 3.63) is 52.4 Å². The van der Waals surface area contributed by atoms with Crippen LogP contribution in [0.25, 0.3) is 11.0 Å². The van der Waals surface area contributed by atoms with Crippen LogP contribution in [0.15, 0.2) is 45.6 Å². The van der Waals surface area contributed by atoms with Crippen molar-refractivity contribution in [2.24, 2.45) is 0 Å². The molecule has 0 fully saturated rings. The molecule has 0 radical (unpaired) electrons. The molecule has 0 aliphatic carbocycles. The van der Waals surface area contributed by atoms with Crippen LogP contribution in [0.1, 0.15) is 5.76 Å². The number of anilines is 2. The van der Waals surface area contributed by atoms with Gasteiger partial charge in [-0.25, -0.2) is 0 Å². The van der Waals surface area contributed by atoms with Crippen molar-refractivity contribution in [2.75, 3.05) is 26.6 Å². The molecular weight excluding hydrogens is 379 g/mol. The number of alkyl halides is 3. The van der Waals surface area contributed by atoms with Crippen molar-refractivity contribution in [3.8, 4) is 17.2 Å². The maximum atomic E-state index is 12.9. The van der Waals surface area contributed by atoms with E-state index in [4.69, 9.17) is 18.6 Å². The summed E-state index contributed by atoms with van der Waals surface area (Å²) in [6.07, 6.45) is -4.76. The van der Waals surface area contributed by atoms with Gasteiger partial charge < -0.3 is 23.9 Å². The average molecular weight is 395 g/mol. The molecule has 1 N–H and O–H groups in total. The Balaban J connectivity index is 2.04. The van der Waals surface area contributed by atoms with Gasteiger partial charge in [0.05, 0.1) is 26.7 Å². The lowest BCUT2D eigenvalue weighted by atomic mass is 10.2. The monoisotopic (exact) mass is 395 g/mol. The van der Waals surface area contributed by atoms with Gasteiger partial charge in [-0.3, -0.25) is 4.79 Å². The van der Waals surface area contributed by atoms with E-state index in [1.54, 1.807) is 18.2 Å². The third-order valence-corrected chi connectivity index (χ3v) is 3.96. The van der Waals surface area contributed by atoms with Crippen LogP contribution >= 0.6 is 0 Å². The number of halogens is 3. The smallest absolute Gasteiger partial charge is 0.449 e. The minimum Gasteiger partial charge on any atom is -0.493 e. The summed E-state index contributed by atoms with van der Waals surface area (Å²) < 4.78 is 59.3. The van der Waals surface area contributed by atoms with Crippen molar-refractivity contribution in [1.82, 2.24) is 0 Å². The fourth-order valence-electron chi connectivity index (χ4n) is 2.69. The van der Waals surface area contributed by atoms with E-state index in [-0.39, 0.29) is 11.0 Å². The molecule has 28 heavy (non-hydrogen) atoms. The normalized spacial score (nSPS) is 11.4. The van der Waals surface area contributed by atoms with Crippen LogP contribution in [0.5, 0.6) is 17.2 Å². The van der Waals surface area contributed by atoms with Crippen LogP contribution in [0.4, 0.5) is 24.5 Å². The Morgan fingerprint density at radius 2 is 1.54 bits per heavy atom. The van der Waals surface area contributed by atoms with Crippen LogP contribution in [0.2, 0.25) is 0 Å². The number of fused-ring (bicyclic) bond motifs is 1. The fraction of sp³-hybridized carbons (Fsp3) is 0.211. The standard InChI is InChI=1S/C19H16F3NO5/c1-25-15-7-11(8-16(26-2)18(15)27-3)23-10-4-5-12-13(24)9-17(19(20,21)22)28-14(12)6-10/h4-9,23H,1-3H3. The highest BCUT2D eigenvalue weighted by molar-refractivity contribution is 5.82. The Morgan fingerprint density at radius 3 is 2.07 bits per heavy atom. The van der Waals surface area contributed by atoms with Gasteiger partial charge in [0.2, 0.25) is 11.5 Å². The van der Waals surface area contributed by atoms with Crippen LogP contribution in [-0.4, -0.2) is 21.3 Å². The van der Waals surface area contributed by atoms with Crippen molar-refractivity contribution in [2.45, 2.75) is 6.18 Å². The molecule has 3 aromatic rings. The lowest BCUT2D eigenvalue weighted by Crippen LogP contribution is -2.10. The topological polar surface area (TPSA) is 69.9 Å². The number of ether oxygens (including phenoxy) is 3. The first-order valence-corrected chi connectivity index (χ1v) is 7.99. The lowest BCUT2D eigenvalue weighted by molar-refractivity contribution is -0.152. The van der Waals surface area contributed by atoms with Gasteiger partial charge in [0.25, 0.3) is 0 Å². The molecule has 9 heteroatoms. The predicted octanol–water partition coefficient (Wildman–Crippen LogP) is 4.58. The summed E-state index contributed by atoms with van der Waals surface area (Å²) >= 11 is 0. The SMILES string of the molecule is COc1cc(Nc2ccc3c(=O)cc(C(F)(F)F)oc3c2)cc(OC)c1OC. The number of rotatable bonds is 5. The lowest BCUT2D eigenvalue weighted by Gasteiger charge is -2.15. The van der Waals surface area contributed by atoms with E-state index in [0.29, 0.717) is 34.7 Å². The summed E-state index contributed by atoms with van der Waals surface area (Å²) in [4.78, 5) is 11.9. The van der Waals surface area contributed by atoms with Gasteiger partial charge in [0.15, 0.2) is 16.9 Å². The molecule has 0 unspecified atom stereocenters. The van der Waals surface area contributed by atoms with E-state index < -0.39 is 17.4 Å². The van der Waals surface area contributed by atoms with Crippen molar-refractivity contribution >= 4 is 22.3 Å². The summed E-state index contributed by atoms with van der Waals surface area (Å²) in [5, 5.41) is 3.06. The van der Waals surface area contributed by atoms with E-state index in [1.165, 1.54) is 33.5 Å². The van der Waals surface area contributed by atoms with Crippen LogP contribution in [0, 0.1) is 0 Å². The van der Waals surface area contributed by atoms with Crippen molar-refractivity contribution < 1.29 is 31.8 Å². The van der Waals surface area contributed by atoms with Gasteiger partial charge in [0, 0.05) is 35.6 Å². The van der Waals surface area contributed by atoms with Gasteiger partial charge in [-0.2, -0.15) is 13.2 Å². The summed E-state index contributed by atoms with van der Waals surface area (Å²) in [7, 11) is 4.39. The Morgan fingerprint density at radius 1 is 0.893 bits per heavy atom. The molecule has 0 aliphatic heterocycles. The highest BCUT2D eigenvalue weighted by atomic mass is 19.4. The van der Waals surface area contributed by atoms with Gasteiger partial charge in [-0.15, -0.1) is 0 Å². The van der Waals surface area contributed by atoms with E-state index in [9.17, 15) is 18.0 Å². The molecule has 0 spiro atoms. The average Bonchev–Trinajstić information content (AvgIpc) is 2.66. The molecule has 0 saturated carbocycles. The van der Waals surface area contributed by atoms with Crippen LogP contribution in [0.3, 0.4) is 0 Å².